The maximum atomic E-state index is 12.3. The van der Waals surface area contributed by atoms with E-state index in [0.29, 0.717) is 23.7 Å². The first-order valence-corrected chi connectivity index (χ1v) is 9.37. The van der Waals surface area contributed by atoms with Gasteiger partial charge >= 0.3 is 5.97 Å². The Kier molecular flexibility index (Phi) is 5.48. The Labute approximate surface area is 160 Å². The molecule has 2 aromatic rings. The summed E-state index contributed by atoms with van der Waals surface area (Å²) in [6, 6.07) is 0. The topological polar surface area (TPSA) is 77.4 Å². The molecule has 0 amide bonds. The summed E-state index contributed by atoms with van der Waals surface area (Å²) in [7, 11) is 1.58. The van der Waals surface area contributed by atoms with Gasteiger partial charge in [0.05, 0.1) is 25.4 Å². The van der Waals surface area contributed by atoms with Crippen LogP contribution in [0.1, 0.15) is 40.5 Å². The molecule has 7 nitrogen and oxygen atoms in total. The second-order valence-corrected chi connectivity index (χ2v) is 8.31. The van der Waals surface area contributed by atoms with E-state index >= 15 is 0 Å². The van der Waals surface area contributed by atoms with Gasteiger partial charge in [0.25, 0.3) is 0 Å². The number of fused-ring (bicyclic) bond motifs is 1. The van der Waals surface area contributed by atoms with Crippen molar-refractivity contribution in [3.8, 4) is 5.88 Å². The van der Waals surface area contributed by atoms with Crippen LogP contribution in [-0.2, 0) is 9.53 Å². The number of ether oxygens (including phenoxy) is 2. The molecular weight excluding hydrogens is 344 g/mol. The van der Waals surface area contributed by atoms with Crippen LogP contribution in [0.4, 0.5) is 5.69 Å². The zero-order valence-corrected chi connectivity index (χ0v) is 16.7. The summed E-state index contributed by atoms with van der Waals surface area (Å²) in [6.07, 6.45) is 6.53. The molecule has 1 aliphatic rings. The van der Waals surface area contributed by atoms with Gasteiger partial charge in [0.1, 0.15) is 11.1 Å². The Morgan fingerprint density at radius 3 is 2.56 bits per heavy atom. The van der Waals surface area contributed by atoms with Crippen LogP contribution in [0.25, 0.3) is 11.0 Å². The van der Waals surface area contributed by atoms with Crippen LogP contribution in [0.3, 0.4) is 0 Å². The summed E-state index contributed by atoms with van der Waals surface area (Å²) in [6.45, 7) is 9.56. The first-order valence-electron chi connectivity index (χ1n) is 9.37. The summed E-state index contributed by atoms with van der Waals surface area (Å²) in [5.74, 6) is 1.02. The van der Waals surface area contributed by atoms with Gasteiger partial charge in [-0.2, -0.15) is 0 Å². The third kappa shape index (κ3) is 4.64. The zero-order valence-electron chi connectivity index (χ0n) is 16.7. The Morgan fingerprint density at radius 1 is 1.19 bits per heavy atom. The van der Waals surface area contributed by atoms with E-state index in [1.807, 2.05) is 20.8 Å². The fourth-order valence-electron chi connectivity index (χ4n) is 3.75. The zero-order chi connectivity index (χ0) is 19.6. The number of piperidine rings is 1. The van der Waals surface area contributed by atoms with E-state index in [4.69, 9.17) is 9.47 Å². The Bertz CT molecular complexity index is 818. The van der Waals surface area contributed by atoms with Crippen molar-refractivity contribution in [2.24, 2.45) is 11.8 Å². The van der Waals surface area contributed by atoms with Gasteiger partial charge in [0.15, 0.2) is 5.52 Å². The Balaban J connectivity index is 1.83. The summed E-state index contributed by atoms with van der Waals surface area (Å²) in [5.41, 5.74) is 1.90. The molecule has 0 spiro atoms. The van der Waals surface area contributed by atoms with Crippen LogP contribution in [0, 0.1) is 11.8 Å². The quantitative estimate of drug-likeness (QED) is 0.763. The molecule has 3 heterocycles. The molecule has 0 aliphatic carbocycles. The Morgan fingerprint density at radius 2 is 1.89 bits per heavy atom. The van der Waals surface area contributed by atoms with Gasteiger partial charge in [-0.25, -0.2) is 9.97 Å². The van der Waals surface area contributed by atoms with Crippen LogP contribution < -0.4 is 9.64 Å². The van der Waals surface area contributed by atoms with Crippen molar-refractivity contribution in [3.05, 3.63) is 18.6 Å². The predicted molar refractivity (Wildman–Crippen MR) is 104 cm³/mol. The molecule has 0 unspecified atom stereocenters. The monoisotopic (exact) mass is 372 g/mol. The van der Waals surface area contributed by atoms with Gasteiger partial charge in [-0.15, -0.1) is 0 Å². The normalized spacial score (nSPS) is 20.6. The molecule has 0 radical (unpaired) electrons. The largest absolute Gasteiger partial charge is 0.479 e. The lowest BCUT2D eigenvalue weighted by molar-refractivity contribution is -0.156. The van der Waals surface area contributed by atoms with Crippen molar-refractivity contribution in [1.82, 2.24) is 15.0 Å². The molecule has 3 rings (SSSR count). The molecule has 1 fully saturated rings. The van der Waals surface area contributed by atoms with E-state index in [2.05, 4.69) is 26.8 Å². The number of anilines is 1. The second-order valence-electron chi connectivity index (χ2n) is 8.31. The number of hydrogen-bond donors (Lipinski definition) is 0. The molecule has 0 N–H and O–H groups in total. The highest BCUT2D eigenvalue weighted by Gasteiger charge is 2.30. The summed E-state index contributed by atoms with van der Waals surface area (Å²) >= 11 is 0. The predicted octanol–water partition coefficient (Wildman–Crippen LogP) is 3.23. The number of rotatable bonds is 4. The molecule has 0 saturated carbocycles. The number of methoxy groups -OCH3 is 1. The average molecular weight is 372 g/mol. The number of aromatic nitrogens is 3. The lowest BCUT2D eigenvalue weighted by atomic mass is 9.88. The Hall–Kier alpha value is -2.44. The molecular formula is C20H28N4O3. The number of esters is 1. The SMILES string of the molecule is COc1ncc(N2C[C@@H](C)C[C@@H](CC(=O)OC(C)(C)C)C2)c2nccnc12. The van der Waals surface area contributed by atoms with E-state index in [1.165, 1.54) is 0 Å². The fraction of sp³-hybridized carbons (Fsp3) is 0.600. The molecule has 0 bridgehead atoms. The van der Waals surface area contributed by atoms with Crippen molar-refractivity contribution in [1.29, 1.82) is 0 Å². The highest BCUT2D eigenvalue weighted by molar-refractivity contribution is 5.90. The van der Waals surface area contributed by atoms with E-state index in [0.717, 1.165) is 30.7 Å². The van der Waals surface area contributed by atoms with Gasteiger partial charge in [-0.3, -0.25) is 9.78 Å². The molecule has 146 valence electrons. The van der Waals surface area contributed by atoms with Crippen molar-refractivity contribution in [2.75, 3.05) is 25.1 Å². The lowest BCUT2D eigenvalue weighted by Crippen LogP contribution is -2.41. The highest BCUT2D eigenvalue weighted by atomic mass is 16.6. The van der Waals surface area contributed by atoms with Gasteiger partial charge in [0, 0.05) is 25.5 Å². The van der Waals surface area contributed by atoms with Crippen molar-refractivity contribution in [3.63, 3.8) is 0 Å². The smallest absolute Gasteiger partial charge is 0.306 e. The molecule has 0 aromatic carbocycles. The van der Waals surface area contributed by atoms with Crippen molar-refractivity contribution in [2.45, 2.75) is 46.1 Å². The average Bonchev–Trinajstić information content (AvgIpc) is 2.58. The second kappa shape index (κ2) is 7.66. The lowest BCUT2D eigenvalue weighted by Gasteiger charge is -2.38. The summed E-state index contributed by atoms with van der Waals surface area (Å²) in [5, 5.41) is 0. The van der Waals surface area contributed by atoms with Crippen LogP contribution in [-0.4, -0.2) is 46.7 Å². The molecule has 1 saturated heterocycles. The molecule has 7 heteroatoms. The molecule has 2 atom stereocenters. The maximum Gasteiger partial charge on any atom is 0.306 e. The minimum atomic E-state index is -0.456. The summed E-state index contributed by atoms with van der Waals surface area (Å²) in [4.78, 5) is 27.8. The van der Waals surface area contributed by atoms with E-state index < -0.39 is 5.60 Å². The van der Waals surface area contributed by atoms with Crippen LogP contribution in [0.2, 0.25) is 0 Å². The van der Waals surface area contributed by atoms with Gasteiger partial charge in [-0.1, -0.05) is 6.92 Å². The molecule has 27 heavy (non-hydrogen) atoms. The van der Waals surface area contributed by atoms with Crippen molar-refractivity contribution < 1.29 is 14.3 Å². The fourth-order valence-corrected chi connectivity index (χ4v) is 3.75. The highest BCUT2D eigenvalue weighted by Crippen LogP contribution is 2.33. The number of hydrogen-bond acceptors (Lipinski definition) is 7. The van der Waals surface area contributed by atoms with Gasteiger partial charge < -0.3 is 14.4 Å². The number of pyridine rings is 1. The first-order chi connectivity index (χ1) is 12.8. The van der Waals surface area contributed by atoms with E-state index in [1.54, 1.807) is 25.7 Å². The van der Waals surface area contributed by atoms with Crippen LogP contribution in [0.5, 0.6) is 5.88 Å². The molecule has 2 aromatic heterocycles. The van der Waals surface area contributed by atoms with Gasteiger partial charge in [-0.05, 0) is 39.0 Å². The number of carbonyl (C=O) groups is 1. The maximum absolute atomic E-state index is 12.3. The number of nitrogens with zero attached hydrogens (tertiary/aromatic N) is 4. The van der Waals surface area contributed by atoms with Gasteiger partial charge in [0.2, 0.25) is 5.88 Å². The van der Waals surface area contributed by atoms with Crippen molar-refractivity contribution >= 4 is 22.7 Å². The van der Waals surface area contributed by atoms with E-state index in [-0.39, 0.29) is 11.9 Å². The van der Waals surface area contributed by atoms with Crippen LogP contribution >= 0.6 is 0 Å². The minimum Gasteiger partial charge on any atom is -0.479 e. The third-order valence-electron chi connectivity index (χ3n) is 4.60. The number of carbonyl (C=O) groups excluding carboxylic acids is 1. The third-order valence-corrected chi connectivity index (χ3v) is 4.60. The van der Waals surface area contributed by atoms with E-state index in [9.17, 15) is 4.79 Å². The molecule has 1 aliphatic heterocycles. The standard InChI is InChI=1S/C20H28N4O3/c1-13-8-14(9-16(25)27-20(2,3)4)12-24(11-13)15-10-23-19(26-5)18-17(15)21-6-7-22-18/h6-7,10,13-14H,8-9,11-12H2,1-5H3/t13-,14-/m0/s1. The first kappa shape index (κ1) is 19.3. The van der Waals surface area contributed by atoms with Crippen LogP contribution in [0.15, 0.2) is 18.6 Å². The summed E-state index contributed by atoms with van der Waals surface area (Å²) < 4.78 is 10.8. The minimum absolute atomic E-state index is 0.140.